The minimum absolute atomic E-state index is 0.0221. The number of piperidine rings is 1. The molecule has 0 spiro atoms. The molecule has 3 aliphatic rings. The van der Waals surface area contributed by atoms with Crippen LogP contribution in [0.4, 0.5) is 16.2 Å². The predicted molar refractivity (Wildman–Crippen MR) is 183 cm³/mol. The normalized spacial score (nSPS) is 19.4. The Kier molecular flexibility index (Phi) is 9.64. The number of carbonyl (C=O) groups excluding carboxylic acids is 3. The van der Waals surface area contributed by atoms with Gasteiger partial charge < -0.3 is 34.0 Å². The number of carbonyl (C=O) groups is 3. The fourth-order valence-corrected chi connectivity index (χ4v) is 6.71. The quantitative estimate of drug-likeness (QED) is 0.268. The van der Waals surface area contributed by atoms with Crippen molar-refractivity contribution in [2.24, 2.45) is 5.92 Å². The number of benzene rings is 3. The largest absolute Gasteiger partial charge is 0.508 e. The van der Waals surface area contributed by atoms with Crippen molar-refractivity contribution in [3.63, 3.8) is 0 Å². The van der Waals surface area contributed by atoms with Gasteiger partial charge in [-0.25, -0.2) is 4.79 Å². The molecule has 2 heterocycles. The van der Waals surface area contributed by atoms with Crippen molar-refractivity contribution in [2.75, 3.05) is 49.8 Å². The highest BCUT2D eigenvalue weighted by Crippen LogP contribution is 2.43. The summed E-state index contributed by atoms with van der Waals surface area (Å²) in [6, 6.07) is 20.9. The Morgan fingerprint density at radius 1 is 1.00 bits per heavy atom. The number of nitrogens with zero attached hydrogens (tertiary/aromatic N) is 3. The summed E-state index contributed by atoms with van der Waals surface area (Å²) in [4.78, 5) is 46.4. The lowest BCUT2D eigenvalue weighted by Crippen LogP contribution is -2.51. The summed E-state index contributed by atoms with van der Waals surface area (Å²) < 4.78 is 16.7. The van der Waals surface area contributed by atoms with Crippen LogP contribution < -0.4 is 14.5 Å². The van der Waals surface area contributed by atoms with Gasteiger partial charge in [-0.15, -0.1) is 0 Å². The van der Waals surface area contributed by atoms with Crippen molar-refractivity contribution in [3.8, 4) is 22.6 Å². The predicted octanol–water partition coefficient (Wildman–Crippen LogP) is 6.36. The molecule has 0 radical (unpaired) electrons. The SMILES string of the molecule is COCCCN1C(=O)COc2ccc(N(C(=O)[C@H]3CN(C(=O)OC(C)(C)C)CC[C@@H]3c3cccc(-c4cccc(O)c4)c3)C3CC3)cc21. The molecule has 1 saturated heterocycles. The summed E-state index contributed by atoms with van der Waals surface area (Å²) in [7, 11) is 1.64. The maximum absolute atomic E-state index is 14.9. The molecule has 3 aromatic rings. The molecule has 0 aromatic heterocycles. The molecule has 2 aliphatic heterocycles. The maximum Gasteiger partial charge on any atom is 0.410 e. The van der Waals surface area contributed by atoms with Crippen molar-refractivity contribution in [3.05, 3.63) is 72.3 Å². The number of phenols is 1. The smallest absolute Gasteiger partial charge is 0.410 e. The zero-order valence-electron chi connectivity index (χ0n) is 28.2. The number of rotatable bonds is 9. The lowest BCUT2D eigenvalue weighted by molar-refractivity contribution is -0.124. The Morgan fingerprint density at radius 2 is 1.75 bits per heavy atom. The van der Waals surface area contributed by atoms with Gasteiger partial charge in [0.1, 0.15) is 17.1 Å². The first-order chi connectivity index (χ1) is 23.0. The molecule has 1 aliphatic carbocycles. The molecule has 0 bridgehead atoms. The lowest BCUT2D eigenvalue weighted by Gasteiger charge is -2.41. The number of fused-ring (bicyclic) bond motifs is 1. The number of anilines is 2. The van der Waals surface area contributed by atoms with Gasteiger partial charge >= 0.3 is 6.09 Å². The summed E-state index contributed by atoms with van der Waals surface area (Å²) in [6.45, 7) is 7.16. The molecule has 2 fully saturated rings. The van der Waals surface area contributed by atoms with Crippen LogP contribution in [-0.2, 0) is 19.1 Å². The molecule has 1 saturated carbocycles. The third-order valence-electron chi connectivity index (χ3n) is 9.12. The number of hydrogen-bond acceptors (Lipinski definition) is 7. The van der Waals surface area contributed by atoms with E-state index in [1.54, 1.807) is 29.0 Å². The molecule has 3 aromatic carbocycles. The van der Waals surface area contributed by atoms with E-state index in [0.717, 1.165) is 29.5 Å². The summed E-state index contributed by atoms with van der Waals surface area (Å²) in [5.41, 5.74) is 3.51. The number of methoxy groups -OCH3 is 1. The average molecular weight is 656 g/mol. The second kappa shape index (κ2) is 13.9. The van der Waals surface area contributed by atoms with E-state index in [1.807, 2.05) is 74.2 Å². The first kappa shape index (κ1) is 33.3. The second-order valence-electron chi connectivity index (χ2n) is 13.9. The van der Waals surface area contributed by atoms with Crippen LogP contribution in [0.3, 0.4) is 0 Å². The van der Waals surface area contributed by atoms with Crippen LogP contribution in [0.5, 0.6) is 11.5 Å². The summed E-state index contributed by atoms with van der Waals surface area (Å²) in [5, 5.41) is 10.1. The van der Waals surface area contributed by atoms with E-state index in [4.69, 9.17) is 14.2 Å². The van der Waals surface area contributed by atoms with E-state index in [2.05, 4.69) is 6.07 Å². The van der Waals surface area contributed by atoms with E-state index >= 15 is 0 Å². The molecular weight excluding hydrogens is 610 g/mol. The molecule has 10 nitrogen and oxygen atoms in total. The second-order valence-corrected chi connectivity index (χ2v) is 13.9. The molecule has 3 amide bonds. The highest BCUT2D eigenvalue weighted by molar-refractivity contribution is 6.01. The fraction of sp³-hybridized carbons (Fsp3) is 0.447. The molecular formula is C38H45N3O7. The number of likely N-dealkylation sites (tertiary alicyclic amines) is 1. The Bertz CT molecular complexity index is 1660. The lowest BCUT2D eigenvalue weighted by atomic mass is 9.78. The number of aromatic hydroxyl groups is 1. The number of amides is 3. The molecule has 10 heteroatoms. The van der Waals surface area contributed by atoms with Gasteiger partial charge in [0.2, 0.25) is 5.91 Å². The third-order valence-corrected chi connectivity index (χ3v) is 9.12. The summed E-state index contributed by atoms with van der Waals surface area (Å²) >= 11 is 0. The van der Waals surface area contributed by atoms with Crippen LogP contribution in [0.1, 0.15) is 57.9 Å². The van der Waals surface area contributed by atoms with Crippen molar-refractivity contribution in [1.29, 1.82) is 0 Å². The highest BCUT2D eigenvalue weighted by Gasteiger charge is 2.44. The zero-order chi connectivity index (χ0) is 34.0. The Hall–Kier alpha value is -4.57. The van der Waals surface area contributed by atoms with Crippen LogP contribution >= 0.6 is 0 Å². The van der Waals surface area contributed by atoms with Crippen LogP contribution in [-0.4, -0.2) is 79.5 Å². The van der Waals surface area contributed by atoms with Crippen LogP contribution in [0, 0.1) is 5.92 Å². The van der Waals surface area contributed by atoms with E-state index in [9.17, 15) is 19.5 Å². The van der Waals surface area contributed by atoms with E-state index < -0.39 is 17.6 Å². The van der Waals surface area contributed by atoms with Crippen molar-refractivity contribution >= 4 is 29.3 Å². The molecule has 48 heavy (non-hydrogen) atoms. The summed E-state index contributed by atoms with van der Waals surface area (Å²) in [6.07, 6.45) is 2.56. The zero-order valence-corrected chi connectivity index (χ0v) is 28.2. The van der Waals surface area contributed by atoms with Crippen molar-refractivity contribution in [2.45, 2.75) is 64.0 Å². The standard InChI is InChI=1S/C38H45N3O7/c1-38(2,3)48-37(45)39-18-16-31(27-10-5-8-25(20-27)26-9-6-11-30(42)21-26)32(23-39)36(44)41(28-12-13-28)29-14-15-34-33(22-29)40(17-7-19-46-4)35(43)24-47-34/h5-6,8-11,14-15,20-22,28,31-32,42H,7,12-13,16-19,23-24H2,1-4H3/t31-,32+/m1/s1. The topological polar surface area (TPSA) is 109 Å². The summed E-state index contributed by atoms with van der Waals surface area (Å²) in [5.74, 6) is -0.110. The number of hydrogen-bond donors (Lipinski definition) is 1. The van der Waals surface area contributed by atoms with E-state index in [0.29, 0.717) is 49.7 Å². The van der Waals surface area contributed by atoms with Gasteiger partial charge in [0.05, 0.1) is 11.6 Å². The molecule has 1 N–H and O–H groups in total. The first-order valence-corrected chi connectivity index (χ1v) is 16.8. The average Bonchev–Trinajstić information content (AvgIpc) is 3.90. The molecule has 2 atom stereocenters. The highest BCUT2D eigenvalue weighted by atomic mass is 16.6. The Morgan fingerprint density at radius 3 is 2.46 bits per heavy atom. The van der Waals surface area contributed by atoms with Gasteiger partial charge in [-0.2, -0.15) is 0 Å². The van der Waals surface area contributed by atoms with Gasteiger partial charge in [0, 0.05) is 45.1 Å². The van der Waals surface area contributed by atoms with Crippen LogP contribution in [0.2, 0.25) is 0 Å². The van der Waals surface area contributed by atoms with E-state index in [-0.39, 0.29) is 42.7 Å². The fourth-order valence-electron chi connectivity index (χ4n) is 6.71. The molecule has 254 valence electrons. The Balaban J connectivity index is 1.35. The van der Waals surface area contributed by atoms with Gasteiger partial charge in [0.25, 0.3) is 5.91 Å². The minimum Gasteiger partial charge on any atom is -0.508 e. The van der Waals surface area contributed by atoms with Gasteiger partial charge in [0.15, 0.2) is 6.61 Å². The Labute approximate surface area is 282 Å². The van der Waals surface area contributed by atoms with Gasteiger partial charge in [-0.3, -0.25) is 9.59 Å². The molecule has 0 unspecified atom stereocenters. The maximum atomic E-state index is 14.9. The van der Waals surface area contributed by atoms with E-state index in [1.165, 1.54) is 0 Å². The molecule has 6 rings (SSSR count). The van der Waals surface area contributed by atoms with Crippen LogP contribution in [0.25, 0.3) is 11.1 Å². The van der Waals surface area contributed by atoms with Gasteiger partial charge in [-0.05, 0) is 99.4 Å². The number of ether oxygens (including phenoxy) is 3. The van der Waals surface area contributed by atoms with Crippen molar-refractivity contribution in [1.82, 2.24) is 4.90 Å². The van der Waals surface area contributed by atoms with Gasteiger partial charge in [-0.1, -0.05) is 36.4 Å². The monoisotopic (exact) mass is 655 g/mol. The van der Waals surface area contributed by atoms with Crippen LogP contribution in [0.15, 0.2) is 66.7 Å². The third kappa shape index (κ3) is 7.44. The minimum atomic E-state index is -0.666. The van der Waals surface area contributed by atoms with Crippen molar-refractivity contribution < 1.29 is 33.7 Å². The number of phenolic OH excluding ortho intramolecular Hbond substituents is 1. The first-order valence-electron chi connectivity index (χ1n) is 16.8.